The third-order valence-corrected chi connectivity index (χ3v) is 5.60. The number of carbonyl (C=O) groups is 1. The van der Waals surface area contributed by atoms with Gasteiger partial charge in [-0.2, -0.15) is 0 Å². The highest BCUT2D eigenvalue weighted by Gasteiger charge is 2.35. The second-order valence-corrected chi connectivity index (χ2v) is 6.84. The molecule has 1 aromatic carbocycles. The molecule has 114 valence electrons. The Bertz CT molecular complexity index is 492. The second kappa shape index (κ2) is 6.21. The van der Waals surface area contributed by atoms with E-state index in [9.17, 15) is 4.79 Å². The van der Waals surface area contributed by atoms with Gasteiger partial charge in [-0.25, -0.2) is 0 Å². The van der Waals surface area contributed by atoms with Crippen LogP contribution in [0.1, 0.15) is 68.6 Å². The smallest absolute Gasteiger partial charge is 0.164 e. The van der Waals surface area contributed by atoms with Gasteiger partial charge in [-0.15, -0.1) is 0 Å². The molecule has 0 N–H and O–H groups in total. The number of anilines is 1. The fourth-order valence-corrected chi connectivity index (χ4v) is 4.20. The number of hydrogen-bond donors (Lipinski definition) is 0. The van der Waals surface area contributed by atoms with Gasteiger partial charge in [0.15, 0.2) is 5.78 Å². The first kappa shape index (κ1) is 14.6. The molecule has 1 aliphatic heterocycles. The van der Waals surface area contributed by atoms with Crippen molar-refractivity contribution in [2.75, 3.05) is 18.0 Å². The van der Waals surface area contributed by atoms with E-state index < -0.39 is 0 Å². The molecule has 1 saturated heterocycles. The topological polar surface area (TPSA) is 20.3 Å². The summed E-state index contributed by atoms with van der Waals surface area (Å²) >= 11 is 0. The Morgan fingerprint density at radius 1 is 1.05 bits per heavy atom. The van der Waals surface area contributed by atoms with Crippen LogP contribution in [0.2, 0.25) is 0 Å². The number of ketones is 1. The lowest BCUT2D eigenvalue weighted by molar-refractivity contribution is 0.0988. The van der Waals surface area contributed by atoms with Crippen molar-refractivity contribution in [1.82, 2.24) is 0 Å². The molecule has 0 atom stereocenters. The highest BCUT2D eigenvalue weighted by Crippen LogP contribution is 2.45. The lowest BCUT2D eigenvalue weighted by atomic mass is 9.68. The van der Waals surface area contributed by atoms with Gasteiger partial charge in [0.25, 0.3) is 0 Å². The maximum atomic E-state index is 12.1. The number of carbonyl (C=O) groups excluding carboxylic acids is 1. The molecule has 2 fully saturated rings. The maximum Gasteiger partial charge on any atom is 0.164 e. The molecule has 1 heterocycles. The molecule has 2 nitrogen and oxygen atoms in total. The van der Waals surface area contributed by atoms with Crippen LogP contribution in [0, 0.1) is 5.41 Å². The zero-order chi connectivity index (χ0) is 14.7. The van der Waals surface area contributed by atoms with Crippen LogP contribution >= 0.6 is 0 Å². The molecule has 2 heteroatoms. The van der Waals surface area contributed by atoms with Crippen molar-refractivity contribution in [1.29, 1.82) is 0 Å². The van der Waals surface area contributed by atoms with Gasteiger partial charge in [-0.3, -0.25) is 4.79 Å². The van der Waals surface area contributed by atoms with Crippen LogP contribution in [0.5, 0.6) is 0 Å². The summed E-state index contributed by atoms with van der Waals surface area (Å²) in [6.07, 6.45) is 10.3. The molecule has 0 bridgehead atoms. The maximum absolute atomic E-state index is 12.1. The highest BCUT2D eigenvalue weighted by molar-refractivity contribution is 6.01. The van der Waals surface area contributed by atoms with Gasteiger partial charge < -0.3 is 4.90 Å². The summed E-state index contributed by atoms with van der Waals surface area (Å²) in [5.74, 6) is 0.267. The molecule has 1 aliphatic carbocycles. The standard InChI is InChI=1S/C19H27NO/c1-2-18(21)16-8-4-5-9-17(16)20-14-12-19(13-15-20)10-6-3-7-11-19/h4-5,8-9H,2-3,6-7,10-15H2,1H3. The van der Waals surface area contributed by atoms with E-state index in [0.29, 0.717) is 11.8 Å². The van der Waals surface area contributed by atoms with Crippen LogP contribution in [0.25, 0.3) is 0 Å². The summed E-state index contributed by atoms with van der Waals surface area (Å²) in [5, 5.41) is 0. The van der Waals surface area contributed by atoms with E-state index in [-0.39, 0.29) is 5.78 Å². The van der Waals surface area contributed by atoms with Crippen LogP contribution in [0.4, 0.5) is 5.69 Å². The lowest BCUT2D eigenvalue weighted by Crippen LogP contribution is -2.41. The number of piperidine rings is 1. The van der Waals surface area contributed by atoms with Crippen LogP contribution < -0.4 is 4.90 Å². The normalized spacial score (nSPS) is 21.5. The first-order chi connectivity index (χ1) is 10.2. The highest BCUT2D eigenvalue weighted by atomic mass is 16.1. The number of Topliss-reactive ketones (excluding diaryl/α,β-unsaturated/α-hetero) is 1. The summed E-state index contributed by atoms with van der Waals surface area (Å²) in [5.41, 5.74) is 2.70. The minimum atomic E-state index is 0.267. The predicted molar refractivity (Wildman–Crippen MR) is 88.0 cm³/mol. The summed E-state index contributed by atoms with van der Waals surface area (Å²) < 4.78 is 0. The largest absolute Gasteiger partial charge is 0.371 e. The van der Waals surface area contributed by atoms with Crippen molar-refractivity contribution in [2.45, 2.75) is 58.3 Å². The Kier molecular flexibility index (Phi) is 4.32. The summed E-state index contributed by atoms with van der Waals surface area (Å²) in [7, 11) is 0. The Morgan fingerprint density at radius 2 is 1.71 bits per heavy atom. The third kappa shape index (κ3) is 3.00. The molecule has 3 rings (SSSR count). The van der Waals surface area contributed by atoms with Crippen LogP contribution in [0.15, 0.2) is 24.3 Å². The van der Waals surface area contributed by atoms with Crippen molar-refractivity contribution in [3.63, 3.8) is 0 Å². The van der Waals surface area contributed by atoms with Gasteiger partial charge in [0.2, 0.25) is 0 Å². The minimum Gasteiger partial charge on any atom is -0.371 e. The molecular weight excluding hydrogens is 258 g/mol. The Morgan fingerprint density at radius 3 is 2.38 bits per heavy atom. The van der Waals surface area contributed by atoms with E-state index in [2.05, 4.69) is 17.0 Å². The van der Waals surface area contributed by atoms with E-state index in [0.717, 1.165) is 24.3 Å². The second-order valence-electron chi connectivity index (χ2n) is 6.84. The molecule has 21 heavy (non-hydrogen) atoms. The van der Waals surface area contributed by atoms with Crippen molar-refractivity contribution >= 4 is 11.5 Å². The number of nitrogens with zero attached hydrogens (tertiary/aromatic N) is 1. The molecule has 1 aromatic rings. The summed E-state index contributed by atoms with van der Waals surface area (Å²) in [4.78, 5) is 14.6. The first-order valence-electron chi connectivity index (χ1n) is 8.61. The van der Waals surface area contributed by atoms with E-state index in [4.69, 9.17) is 0 Å². The number of rotatable bonds is 3. The van der Waals surface area contributed by atoms with Gasteiger partial charge in [-0.05, 0) is 43.2 Å². The molecular formula is C19H27NO. The van der Waals surface area contributed by atoms with Crippen LogP contribution in [0.3, 0.4) is 0 Å². The Labute approximate surface area is 128 Å². The predicted octanol–water partition coefficient (Wildman–Crippen LogP) is 4.83. The Hall–Kier alpha value is -1.31. The SMILES string of the molecule is CCC(=O)c1ccccc1N1CCC2(CCCCC2)CC1. The molecule has 1 spiro atoms. The number of para-hydroxylation sites is 1. The average molecular weight is 285 g/mol. The zero-order valence-corrected chi connectivity index (χ0v) is 13.2. The van der Waals surface area contributed by atoms with Gasteiger partial charge in [-0.1, -0.05) is 38.3 Å². The zero-order valence-electron chi connectivity index (χ0n) is 13.2. The molecule has 0 aromatic heterocycles. The van der Waals surface area contributed by atoms with Gasteiger partial charge >= 0.3 is 0 Å². The third-order valence-electron chi connectivity index (χ3n) is 5.60. The Balaban J connectivity index is 1.73. The first-order valence-corrected chi connectivity index (χ1v) is 8.61. The molecule has 0 unspecified atom stereocenters. The van der Waals surface area contributed by atoms with E-state index in [1.165, 1.54) is 44.9 Å². The molecule has 0 radical (unpaired) electrons. The minimum absolute atomic E-state index is 0.267. The van der Waals surface area contributed by atoms with Gasteiger partial charge in [0, 0.05) is 30.8 Å². The monoisotopic (exact) mass is 285 g/mol. The van der Waals surface area contributed by atoms with E-state index >= 15 is 0 Å². The van der Waals surface area contributed by atoms with Crippen LogP contribution in [-0.4, -0.2) is 18.9 Å². The van der Waals surface area contributed by atoms with Crippen molar-refractivity contribution in [3.05, 3.63) is 29.8 Å². The molecule has 1 saturated carbocycles. The van der Waals surface area contributed by atoms with Gasteiger partial charge in [0.1, 0.15) is 0 Å². The van der Waals surface area contributed by atoms with Crippen molar-refractivity contribution in [3.8, 4) is 0 Å². The van der Waals surface area contributed by atoms with E-state index in [1.807, 2.05) is 19.1 Å². The number of hydrogen-bond acceptors (Lipinski definition) is 2. The fraction of sp³-hybridized carbons (Fsp3) is 0.632. The van der Waals surface area contributed by atoms with Crippen molar-refractivity contribution in [2.24, 2.45) is 5.41 Å². The quantitative estimate of drug-likeness (QED) is 0.741. The lowest BCUT2D eigenvalue weighted by Gasteiger charge is -2.45. The average Bonchev–Trinajstić information content (AvgIpc) is 2.56. The summed E-state index contributed by atoms with van der Waals surface area (Å²) in [6.45, 7) is 4.19. The molecule has 2 aliphatic rings. The van der Waals surface area contributed by atoms with Crippen LogP contribution in [-0.2, 0) is 0 Å². The number of benzene rings is 1. The van der Waals surface area contributed by atoms with Gasteiger partial charge in [0.05, 0.1) is 0 Å². The fourth-order valence-electron chi connectivity index (χ4n) is 4.20. The summed E-state index contributed by atoms with van der Waals surface area (Å²) in [6, 6.07) is 8.17. The van der Waals surface area contributed by atoms with Crippen molar-refractivity contribution < 1.29 is 4.79 Å². The van der Waals surface area contributed by atoms with E-state index in [1.54, 1.807) is 0 Å². The molecule has 0 amide bonds.